The monoisotopic (exact) mass is 320 g/mol. The zero-order chi connectivity index (χ0) is 16.0. The van der Waals surface area contributed by atoms with Crippen LogP contribution < -0.4 is 9.46 Å². The normalized spacial score (nSPS) is 11.2. The molecule has 2 rings (SSSR count). The Kier molecular flexibility index (Phi) is 5.38. The molecule has 5 nitrogen and oxygen atoms in total. The highest BCUT2D eigenvalue weighted by molar-refractivity contribution is 7.92. The Morgan fingerprint density at radius 3 is 2.73 bits per heavy atom. The van der Waals surface area contributed by atoms with Crippen molar-refractivity contribution in [3.8, 4) is 5.75 Å². The van der Waals surface area contributed by atoms with E-state index in [2.05, 4.69) is 16.6 Å². The third-order valence-corrected chi connectivity index (χ3v) is 4.44. The fourth-order valence-electron chi connectivity index (χ4n) is 1.89. The molecule has 0 atom stereocenters. The summed E-state index contributed by atoms with van der Waals surface area (Å²) in [6.07, 6.45) is 3.40. The van der Waals surface area contributed by atoms with Crippen molar-refractivity contribution in [1.82, 2.24) is 4.98 Å². The first-order valence-electron chi connectivity index (χ1n) is 7.20. The molecule has 0 aliphatic rings. The van der Waals surface area contributed by atoms with Crippen molar-refractivity contribution in [3.05, 3.63) is 48.2 Å². The van der Waals surface area contributed by atoms with Gasteiger partial charge in [0.2, 0.25) is 0 Å². The number of hydrogen-bond donors (Lipinski definition) is 1. The van der Waals surface area contributed by atoms with Gasteiger partial charge in [0, 0.05) is 6.20 Å². The van der Waals surface area contributed by atoms with Crippen LogP contribution in [0, 0.1) is 6.92 Å². The third-order valence-electron chi connectivity index (χ3n) is 3.05. The van der Waals surface area contributed by atoms with E-state index in [1.165, 1.54) is 6.20 Å². The van der Waals surface area contributed by atoms with Gasteiger partial charge in [-0.1, -0.05) is 25.5 Å². The van der Waals surface area contributed by atoms with E-state index in [0.29, 0.717) is 12.4 Å². The van der Waals surface area contributed by atoms with Crippen molar-refractivity contribution in [2.24, 2.45) is 0 Å². The van der Waals surface area contributed by atoms with Crippen LogP contribution in [0.5, 0.6) is 5.75 Å². The summed E-state index contributed by atoms with van der Waals surface area (Å²) in [4.78, 5) is 4.11. The van der Waals surface area contributed by atoms with Gasteiger partial charge in [-0.15, -0.1) is 0 Å². The zero-order valence-electron chi connectivity index (χ0n) is 12.7. The molecule has 2 aromatic rings. The molecule has 0 saturated heterocycles. The largest absolute Gasteiger partial charge is 0.492 e. The number of sulfonamides is 1. The van der Waals surface area contributed by atoms with Crippen LogP contribution in [0.4, 0.5) is 5.82 Å². The van der Waals surface area contributed by atoms with E-state index in [1.807, 2.05) is 6.92 Å². The van der Waals surface area contributed by atoms with Crippen LogP contribution in [-0.4, -0.2) is 20.0 Å². The van der Waals surface area contributed by atoms with Gasteiger partial charge in [0.15, 0.2) is 0 Å². The Bertz CT molecular complexity index is 715. The number of nitrogens with zero attached hydrogens (tertiary/aromatic N) is 1. The Balaban J connectivity index is 2.29. The van der Waals surface area contributed by atoms with Crippen molar-refractivity contribution in [1.29, 1.82) is 0 Å². The number of unbranched alkanes of at least 4 members (excludes halogenated alkanes) is 1. The third kappa shape index (κ3) is 4.21. The highest BCUT2D eigenvalue weighted by Gasteiger charge is 2.20. The lowest BCUT2D eigenvalue weighted by Gasteiger charge is -2.13. The second kappa shape index (κ2) is 7.26. The fourth-order valence-corrected chi connectivity index (χ4v) is 3.03. The van der Waals surface area contributed by atoms with E-state index in [1.54, 1.807) is 36.4 Å². The molecule has 1 aromatic carbocycles. The topological polar surface area (TPSA) is 68.3 Å². The van der Waals surface area contributed by atoms with Gasteiger partial charge in [-0.25, -0.2) is 13.4 Å². The van der Waals surface area contributed by atoms with Gasteiger partial charge >= 0.3 is 0 Å². The molecule has 22 heavy (non-hydrogen) atoms. The molecular formula is C16H20N2O3S. The molecule has 0 spiro atoms. The molecule has 0 radical (unpaired) electrons. The first kappa shape index (κ1) is 16.3. The van der Waals surface area contributed by atoms with Crippen LogP contribution in [0.25, 0.3) is 0 Å². The molecule has 0 unspecified atom stereocenters. The van der Waals surface area contributed by atoms with Crippen LogP contribution in [0.2, 0.25) is 0 Å². The standard InChI is InChI=1S/C16H20N2O3S/c1-3-4-11-21-14-12-13(2)8-9-15(14)22(19,20)18-16-7-5-6-10-17-16/h5-10,12H,3-4,11H2,1-2H3,(H,17,18). The van der Waals surface area contributed by atoms with Crippen LogP contribution >= 0.6 is 0 Å². The summed E-state index contributed by atoms with van der Waals surface area (Å²) in [7, 11) is -3.74. The molecule has 0 bridgehead atoms. The molecule has 0 fully saturated rings. The number of aryl methyl sites for hydroxylation is 1. The average molecular weight is 320 g/mol. The number of pyridine rings is 1. The predicted octanol–water partition coefficient (Wildman–Crippen LogP) is 3.37. The van der Waals surface area contributed by atoms with E-state index < -0.39 is 10.0 Å². The van der Waals surface area contributed by atoms with Gasteiger partial charge in [0.25, 0.3) is 10.0 Å². The number of nitrogens with one attached hydrogen (secondary N) is 1. The van der Waals surface area contributed by atoms with Crippen LogP contribution in [-0.2, 0) is 10.0 Å². The summed E-state index contributed by atoms with van der Waals surface area (Å²) in [6, 6.07) is 10.1. The maximum absolute atomic E-state index is 12.5. The number of benzene rings is 1. The van der Waals surface area contributed by atoms with Gasteiger partial charge in [-0.2, -0.15) is 0 Å². The van der Waals surface area contributed by atoms with Crippen LogP contribution in [0.1, 0.15) is 25.3 Å². The highest BCUT2D eigenvalue weighted by Crippen LogP contribution is 2.27. The van der Waals surface area contributed by atoms with Gasteiger partial charge in [-0.05, 0) is 43.2 Å². The van der Waals surface area contributed by atoms with E-state index in [9.17, 15) is 8.42 Å². The lowest BCUT2D eigenvalue weighted by Crippen LogP contribution is -2.15. The van der Waals surface area contributed by atoms with Crippen molar-refractivity contribution in [2.45, 2.75) is 31.6 Å². The zero-order valence-corrected chi connectivity index (χ0v) is 13.6. The molecule has 118 valence electrons. The molecule has 1 N–H and O–H groups in total. The molecule has 0 amide bonds. The Hall–Kier alpha value is -2.08. The first-order chi connectivity index (χ1) is 10.5. The van der Waals surface area contributed by atoms with Gasteiger partial charge < -0.3 is 4.74 Å². The van der Waals surface area contributed by atoms with Crippen molar-refractivity contribution < 1.29 is 13.2 Å². The maximum Gasteiger partial charge on any atom is 0.266 e. The van der Waals surface area contributed by atoms with Gasteiger partial charge in [-0.3, -0.25) is 4.72 Å². The van der Waals surface area contributed by atoms with E-state index in [4.69, 9.17) is 4.74 Å². The van der Waals surface area contributed by atoms with E-state index in [0.717, 1.165) is 18.4 Å². The Morgan fingerprint density at radius 1 is 1.23 bits per heavy atom. The van der Waals surface area contributed by atoms with Crippen molar-refractivity contribution in [2.75, 3.05) is 11.3 Å². The smallest absolute Gasteiger partial charge is 0.266 e. The summed E-state index contributed by atoms with van der Waals surface area (Å²) >= 11 is 0. The minimum absolute atomic E-state index is 0.125. The Morgan fingerprint density at radius 2 is 2.05 bits per heavy atom. The summed E-state index contributed by atoms with van der Waals surface area (Å²) in [5.41, 5.74) is 0.947. The quantitative estimate of drug-likeness (QED) is 0.794. The van der Waals surface area contributed by atoms with Crippen LogP contribution in [0.15, 0.2) is 47.5 Å². The molecular weight excluding hydrogens is 300 g/mol. The summed E-state index contributed by atoms with van der Waals surface area (Å²) in [6.45, 7) is 4.45. The molecule has 0 saturated carbocycles. The second-order valence-electron chi connectivity index (χ2n) is 4.97. The second-order valence-corrected chi connectivity index (χ2v) is 6.62. The fraction of sp³-hybridized carbons (Fsp3) is 0.312. The molecule has 1 aromatic heterocycles. The van der Waals surface area contributed by atoms with Crippen molar-refractivity contribution >= 4 is 15.8 Å². The van der Waals surface area contributed by atoms with E-state index in [-0.39, 0.29) is 10.7 Å². The lowest BCUT2D eigenvalue weighted by molar-refractivity contribution is 0.301. The molecule has 0 aliphatic carbocycles. The molecule has 1 heterocycles. The predicted molar refractivity (Wildman–Crippen MR) is 86.6 cm³/mol. The SMILES string of the molecule is CCCCOc1cc(C)ccc1S(=O)(=O)Nc1ccccn1. The first-order valence-corrected chi connectivity index (χ1v) is 8.68. The number of hydrogen-bond acceptors (Lipinski definition) is 4. The van der Waals surface area contributed by atoms with Gasteiger partial charge in [0.1, 0.15) is 16.5 Å². The molecule has 0 aliphatic heterocycles. The number of aromatic nitrogens is 1. The minimum atomic E-state index is -3.74. The summed E-state index contributed by atoms with van der Waals surface area (Å²) in [5.74, 6) is 0.652. The maximum atomic E-state index is 12.5. The number of anilines is 1. The molecule has 6 heteroatoms. The number of rotatable bonds is 7. The van der Waals surface area contributed by atoms with Crippen LogP contribution in [0.3, 0.4) is 0 Å². The average Bonchev–Trinajstić information content (AvgIpc) is 2.48. The Labute approximate surface area is 131 Å². The van der Waals surface area contributed by atoms with E-state index >= 15 is 0 Å². The summed E-state index contributed by atoms with van der Waals surface area (Å²) < 4.78 is 33.2. The minimum Gasteiger partial charge on any atom is -0.492 e. The number of ether oxygens (including phenoxy) is 1. The highest BCUT2D eigenvalue weighted by atomic mass is 32.2. The lowest BCUT2D eigenvalue weighted by atomic mass is 10.2. The van der Waals surface area contributed by atoms with Crippen molar-refractivity contribution in [3.63, 3.8) is 0 Å². The van der Waals surface area contributed by atoms with Gasteiger partial charge in [0.05, 0.1) is 6.61 Å². The summed E-state index contributed by atoms with van der Waals surface area (Å²) in [5, 5.41) is 0.